The maximum absolute atomic E-state index is 13.6. The molecule has 2 amide bonds. The third kappa shape index (κ3) is 7.31. The van der Waals surface area contributed by atoms with Crippen LogP contribution >= 0.6 is 0 Å². The zero-order valence-corrected chi connectivity index (χ0v) is 21.5. The Morgan fingerprint density at radius 2 is 1.58 bits per heavy atom. The van der Waals surface area contributed by atoms with Crippen LogP contribution < -0.4 is 0 Å². The molecule has 1 aromatic heterocycles. The van der Waals surface area contributed by atoms with Crippen molar-refractivity contribution in [2.75, 3.05) is 39.3 Å². The van der Waals surface area contributed by atoms with E-state index in [0.29, 0.717) is 25.2 Å². The number of likely N-dealkylation sites (tertiary alicyclic amines) is 1. The highest BCUT2D eigenvalue weighted by Crippen LogP contribution is 2.14. The van der Waals surface area contributed by atoms with Crippen LogP contribution in [0.2, 0.25) is 0 Å². The lowest BCUT2D eigenvalue weighted by Crippen LogP contribution is -2.45. The van der Waals surface area contributed by atoms with Gasteiger partial charge in [0.05, 0.1) is 6.54 Å². The van der Waals surface area contributed by atoms with E-state index in [0.717, 1.165) is 43.1 Å². The molecule has 36 heavy (non-hydrogen) atoms. The summed E-state index contributed by atoms with van der Waals surface area (Å²) in [6.45, 7) is 8.33. The molecule has 1 fully saturated rings. The summed E-state index contributed by atoms with van der Waals surface area (Å²) in [5, 5.41) is 0. The van der Waals surface area contributed by atoms with Crippen molar-refractivity contribution in [1.82, 2.24) is 14.7 Å². The molecule has 0 spiro atoms. The monoisotopic (exact) mass is 487 g/mol. The average Bonchev–Trinajstić information content (AvgIpc) is 3.56. The summed E-state index contributed by atoms with van der Waals surface area (Å²) in [7, 11) is 0. The van der Waals surface area contributed by atoms with Crippen molar-refractivity contribution in [3.05, 3.63) is 94.9 Å². The molecule has 6 nitrogen and oxygen atoms in total. The molecule has 190 valence electrons. The van der Waals surface area contributed by atoms with Gasteiger partial charge in [-0.25, -0.2) is 0 Å². The molecule has 2 heterocycles. The van der Waals surface area contributed by atoms with E-state index in [-0.39, 0.29) is 18.4 Å². The lowest BCUT2D eigenvalue weighted by molar-refractivity contribution is -0.132. The molecule has 2 aromatic carbocycles. The number of rotatable bonds is 11. The molecule has 3 aromatic rings. The molecule has 4 rings (SSSR count). The molecule has 6 heteroatoms. The number of carbonyl (C=O) groups is 2. The normalized spacial score (nSPS) is 13.6. The highest BCUT2D eigenvalue weighted by Gasteiger charge is 2.24. The van der Waals surface area contributed by atoms with E-state index >= 15 is 0 Å². The van der Waals surface area contributed by atoms with Crippen molar-refractivity contribution in [1.29, 1.82) is 0 Å². The Morgan fingerprint density at radius 1 is 0.861 bits per heavy atom. The molecule has 0 saturated carbocycles. The largest absolute Gasteiger partial charge is 0.464 e. The van der Waals surface area contributed by atoms with Crippen LogP contribution in [-0.2, 0) is 17.8 Å². The van der Waals surface area contributed by atoms with Gasteiger partial charge in [0, 0.05) is 25.2 Å². The third-order valence-electron chi connectivity index (χ3n) is 6.81. The number of hydrogen-bond acceptors (Lipinski definition) is 4. The molecule has 0 unspecified atom stereocenters. The first-order valence-corrected chi connectivity index (χ1v) is 12.9. The van der Waals surface area contributed by atoms with Crippen LogP contribution in [0.25, 0.3) is 0 Å². The van der Waals surface area contributed by atoms with Crippen LogP contribution in [0.15, 0.2) is 71.1 Å². The Kier molecular flexibility index (Phi) is 8.95. The van der Waals surface area contributed by atoms with Crippen LogP contribution in [-0.4, -0.2) is 65.8 Å². The number of benzene rings is 2. The van der Waals surface area contributed by atoms with Gasteiger partial charge in [0.15, 0.2) is 0 Å². The number of amides is 2. The van der Waals surface area contributed by atoms with Crippen LogP contribution in [0.1, 0.15) is 45.8 Å². The predicted octanol–water partition coefficient (Wildman–Crippen LogP) is 4.71. The molecule has 1 aliphatic heterocycles. The molecule has 1 saturated heterocycles. The fourth-order valence-electron chi connectivity index (χ4n) is 4.62. The Labute approximate surface area is 214 Å². The zero-order valence-electron chi connectivity index (χ0n) is 21.5. The number of nitrogens with zero attached hydrogens (tertiary/aromatic N) is 3. The Hall–Kier alpha value is -3.38. The number of hydrogen-bond donors (Lipinski definition) is 0. The second kappa shape index (κ2) is 12.5. The molecule has 0 atom stereocenters. The first-order valence-electron chi connectivity index (χ1n) is 12.9. The van der Waals surface area contributed by atoms with Gasteiger partial charge in [-0.2, -0.15) is 0 Å². The van der Waals surface area contributed by atoms with Crippen molar-refractivity contribution >= 4 is 11.8 Å². The summed E-state index contributed by atoms with van der Waals surface area (Å²) in [6.07, 6.45) is 3.13. The van der Waals surface area contributed by atoms with Crippen LogP contribution in [0.4, 0.5) is 0 Å². The van der Waals surface area contributed by atoms with E-state index < -0.39 is 0 Å². The summed E-state index contributed by atoms with van der Waals surface area (Å²) in [5.74, 6) is 1.41. The number of aryl methyl sites for hydroxylation is 2. The first-order chi connectivity index (χ1) is 17.5. The van der Waals surface area contributed by atoms with Gasteiger partial charge in [0.2, 0.25) is 5.91 Å². The second-order valence-electron chi connectivity index (χ2n) is 9.70. The van der Waals surface area contributed by atoms with Crippen LogP contribution in [0.5, 0.6) is 0 Å². The van der Waals surface area contributed by atoms with E-state index in [1.54, 1.807) is 4.90 Å². The van der Waals surface area contributed by atoms with Gasteiger partial charge in [-0.3, -0.25) is 9.59 Å². The van der Waals surface area contributed by atoms with E-state index in [1.165, 1.54) is 18.4 Å². The molecule has 0 N–H and O–H groups in total. The predicted molar refractivity (Wildman–Crippen MR) is 142 cm³/mol. The minimum Gasteiger partial charge on any atom is -0.464 e. The quantitative estimate of drug-likeness (QED) is 0.393. The molecule has 1 aliphatic rings. The Morgan fingerprint density at radius 3 is 2.25 bits per heavy atom. The highest BCUT2D eigenvalue weighted by molar-refractivity contribution is 5.96. The SMILES string of the molecule is Cc1ccc(C(=O)N(CCN2CCCC2)CC(=O)N(CCc2ccccc2)Cc2ccc(C)o2)cc1. The Balaban J connectivity index is 1.49. The highest BCUT2D eigenvalue weighted by atomic mass is 16.3. The summed E-state index contributed by atoms with van der Waals surface area (Å²) in [4.78, 5) is 33.0. The first kappa shape index (κ1) is 25.7. The number of furan rings is 1. The smallest absolute Gasteiger partial charge is 0.254 e. The van der Waals surface area contributed by atoms with Gasteiger partial charge >= 0.3 is 0 Å². The summed E-state index contributed by atoms with van der Waals surface area (Å²) < 4.78 is 5.78. The molecule has 0 bridgehead atoms. The number of carbonyl (C=O) groups excluding carboxylic acids is 2. The summed E-state index contributed by atoms with van der Waals surface area (Å²) in [5.41, 5.74) is 2.90. The van der Waals surface area contributed by atoms with E-state index in [2.05, 4.69) is 17.0 Å². The standard InChI is InChI=1S/C30H37N3O3/c1-24-10-13-27(14-11-24)30(35)33(21-20-31-17-6-7-18-31)23-29(34)32(22-28-15-12-25(2)36-28)19-16-26-8-4-3-5-9-26/h3-5,8-15H,6-7,16-23H2,1-2H3. The Bertz CT molecular complexity index is 1120. The minimum absolute atomic E-state index is 0.0506. The van der Waals surface area contributed by atoms with Crippen molar-refractivity contribution < 1.29 is 14.0 Å². The van der Waals surface area contributed by atoms with Gasteiger partial charge < -0.3 is 19.1 Å². The van der Waals surface area contributed by atoms with E-state index in [4.69, 9.17) is 4.42 Å². The van der Waals surface area contributed by atoms with Crippen molar-refractivity contribution in [2.45, 2.75) is 39.7 Å². The topological polar surface area (TPSA) is 57.0 Å². The van der Waals surface area contributed by atoms with Gasteiger partial charge in [0.1, 0.15) is 18.1 Å². The zero-order chi connectivity index (χ0) is 25.3. The fourth-order valence-corrected chi connectivity index (χ4v) is 4.62. The molecular formula is C30H37N3O3. The van der Waals surface area contributed by atoms with Crippen LogP contribution in [0, 0.1) is 13.8 Å². The van der Waals surface area contributed by atoms with Gasteiger partial charge in [0.25, 0.3) is 5.91 Å². The maximum atomic E-state index is 13.6. The van der Waals surface area contributed by atoms with Gasteiger partial charge in [-0.05, 0) is 76.0 Å². The molecular weight excluding hydrogens is 450 g/mol. The lowest BCUT2D eigenvalue weighted by Gasteiger charge is -2.29. The summed E-state index contributed by atoms with van der Waals surface area (Å²) in [6, 6.07) is 21.6. The van der Waals surface area contributed by atoms with Gasteiger partial charge in [-0.15, -0.1) is 0 Å². The van der Waals surface area contributed by atoms with Crippen molar-refractivity contribution in [2.24, 2.45) is 0 Å². The van der Waals surface area contributed by atoms with Crippen molar-refractivity contribution in [3.63, 3.8) is 0 Å². The van der Waals surface area contributed by atoms with Gasteiger partial charge in [-0.1, -0.05) is 48.0 Å². The minimum atomic E-state index is -0.0978. The third-order valence-corrected chi connectivity index (χ3v) is 6.81. The fraction of sp³-hybridized carbons (Fsp3) is 0.400. The van der Waals surface area contributed by atoms with Crippen LogP contribution in [0.3, 0.4) is 0 Å². The van der Waals surface area contributed by atoms with E-state index in [1.807, 2.05) is 73.3 Å². The van der Waals surface area contributed by atoms with E-state index in [9.17, 15) is 9.59 Å². The average molecular weight is 488 g/mol. The molecule has 0 radical (unpaired) electrons. The lowest BCUT2D eigenvalue weighted by atomic mass is 10.1. The summed E-state index contributed by atoms with van der Waals surface area (Å²) >= 11 is 0. The maximum Gasteiger partial charge on any atom is 0.254 e. The van der Waals surface area contributed by atoms with Crippen molar-refractivity contribution in [3.8, 4) is 0 Å². The molecule has 0 aliphatic carbocycles. The second-order valence-corrected chi connectivity index (χ2v) is 9.70.